The smallest absolute Gasteiger partial charge is 0.174 e. The van der Waals surface area contributed by atoms with Crippen molar-refractivity contribution in [3.63, 3.8) is 0 Å². The maximum Gasteiger partial charge on any atom is 0.174 e. The maximum absolute atomic E-state index is 5.66. The zero-order valence-corrected chi connectivity index (χ0v) is 15.5. The number of nitrogens with zero attached hydrogens (tertiary/aromatic N) is 1. The number of ether oxygens (including phenoxy) is 1. The van der Waals surface area contributed by atoms with Crippen molar-refractivity contribution in [3.05, 3.63) is 52.2 Å². The second-order valence-corrected chi connectivity index (χ2v) is 6.73. The minimum absolute atomic E-state index is 0.222. The normalized spacial score (nSPS) is 12.0. The molecule has 1 unspecified atom stereocenters. The summed E-state index contributed by atoms with van der Waals surface area (Å²) in [6.07, 6.45) is 1.02. The topological polar surface area (TPSA) is 24.5 Å². The highest BCUT2D eigenvalue weighted by molar-refractivity contribution is 7.80. The fourth-order valence-corrected chi connectivity index (χ4v) is 3.57. The van der Waals surface area contributed by atoms with Crippen LogP contribution in [-0.4, -0.2) is 30.3 Å². The second kappa shape index (κ2) is 9.01. The molecule has 0 amide bonds. The van der Waals surface area contributed by atoms with E-state index >= 15 is 0 Å². The molecule has 0 fully saturated rings. The van der Waals surface area contributed by atoms with E-state index in [2.05, 4.69) is 65.8 Å². The molecule has 124 valence electrons. The molecule has 5 heteroatoms. The monoisotopic (exact) mass is 348 g/mol. The van der Waals surface area contributed by atoms with E-state index in [1.165, 1.54) is 10.4 Å². The van der Waals surface area contributed by atoms with Gasteiger partial charge in [-0.3, -0.25) is 0 Å². The molecule has 23 heavy (non-hydrogen) atoms. The van der Waals surface area contributed by atoms with Gasteiger partial charge in [0.1, 0.15) is 0 Å². The summed E-state index contributed by atoms with van der Waals surface area (Å²) in [5, 5.41) is 6.21. The van der Waals surface area contributed by atoms with Crippen molar-refractivity contribution in [1.82, 2.24) is 4.90 Å². The van der Waals surface area contributed by atoms with E-state index in [4.69, 9.17) is 17.0 Å². The highest BCUT2D eigenvalue weighted by Crippen LogP contribution is 2.25. The van der Waals surface area contributed by atoms with Crippen LogP contribution in [0.3, 0.4) is 0 Å². The van der Waals surface area contributed by atoms with Crippen LogP contribution in [0.5, 0.6) is 0 Å². The molecule has 0 aliphatic heterocycles. The van der Waals surface area contributed by atoms with Gasteiger partial charge in [-0.05, 0) is 54.7 Å². The van der Waals surface area contributed by atoms with Gasteiger partial charge in [0.2, 0.25) is 0 Å². The van der Waals surface area contributed by atoms with Gasteiger partial charge in [-0.2, -0.15) is 0 Å². The summed E-state index contributed by atoms with van der Waals surface area (Å²) in [5.41, 5.74) is 2.34. The Labute approximate surface area is 148 Å². The minimum atomic E-state index is 0.222. The van der Waals surface area contributed by atoms with Crippen LogP contribution in [0.4, 0.5) is 5.69 Å². The third kappa shape index (κ3) is 5.03. The van der Waals surface area contributed by atoms with Gasteiger partial charge in [-0.25, -0.2) is 0 Å². The average Bonchev–Trinajstić information content (AvgIpc) is 3.09. The number of methoxy groups -OCH3 is 1. The summed E-state index contributed by atoms with van der Waals surface area (Å²) in [6, 6.07) is 12.8. The Morgan fingerprint density at radius 2 is 2.17 bits per heavy atom. The molecule has 1 heterocycles. The van der Waals surface area contributed by atoms with E-state index in [-0.39, 0.29) is 6.04 Å². The summed E-state index contributed by atoms with van der Waals surface area (Å²) < 4.78 is 5.25. The van der Waals surface area contributed by atoms with Crippen LogP contribution in [0.15, 0.2) is 41.8 Å². The molecule has 3 nitrogen and oxygen atoms in total. The summed E-state index contributed by atoms with van der Waals surface area (Å²) in [5.74, 6) is 0. The number of hydrogen-bond donors (Lipinski definition) is 1. The first-order valence-electron chi connectivity index (χ1n) is 7.84. The van der Waals surface area contributed by atoms with Gasteiger partial charge in [0, 0.05) is 24.2 Å². The molecule has 1 atom stereocenters. The molecule has 1 aromatic carbocycles. The summed E-state index contributed by atoms with van der Waals surface area (Å²) in [7, 11) is 1.72. The Bertz CT molecular complexity index is 613. The molecular formula is C18H24N2OS2. The first-order chi connectivity index (χ1) is 11.2. The third-order valence-corrected chi connectivity index (χ3v) is 5.19. The van der Waals surface area contributed by atoms with E-state index in [1.54, 1.807) is 18.4 Å². The standard InChI is InChI=1S/C18H24N2OS2/c1-4-15-7-5-8-16(13-15)19-18(22)20(10-11-21-3)14(2)17-9-6-12-23-17/h5-9,12-14H,4,10-11H2,1-3H3,(H,19,22). The van der Waals surface area contributed by atoms with Crippen molar-refractivity contribution < 1.29 is 4.74 Å². The van der Waals surface area contributed by atoms with E-state index in [0.717, 1.165) is 23.8 Å². The minimum Gasteiger partial charge on any atom is -0.383 e. The van der Waals surface area contributed by atoms with Crippen LogP contribution in [-0.2, 0) is 11.2 Å². The van der Waals surface area contributed by atoms with Crippen LogP contribution >= 0.6 is 23.6 Å². The van der Waals surface area contributed by atoms with E-state index < -0.39 is 0 Å². The van der Waals surface area contributed by atoms with Crippen LogP contribution in [0.25, 0.3) is 0 Å². The quantitative estimate of drug-likeness (QED) is 0.732. The Morgan fingerprint density at radius 1 is 1.35 bits per heavy atom. The Hall–Kier alpha value is -1.43. The average molecular weight is 349 g/mol. The van der Waals surface area contributed by atoms with Crippen LogP contribution in [0.1, 0.15) is 30.3 Å². The lowest BCUT2D eigenvalue weighted by Gasteiger charge is -2.31. The number of anilines is 1. The molecular weight excluding hydrogens is 324 g/mol. The fourth-order valence-electron chi connectivity index (χ4n) is 2.41. The predicted octanol–water partition coefficient (Wildman–Crippen LogP) is 4.72. The number of rotatable bonds is 7. The Balaban J connectivity index is 2.12. The molecule has 0 bridgehead atoms. The summed E-state index contributed by atoms with van der Waals surface area (Å²) in [4.78, 5) is 3.48. The molecule has 0 radical (unpaired) electrons. The lowest BCUT2D eigenvalue weighted by atomic mass is 10.1. The van der Waals surface area contributed by atoms with Gasteiger partial charge >= 0.3 is 0 Å². The highest BCUT2D eigenvalue weighted by atomic mass is 32.1. The van der Waals surface area contributed by atoms with Crippen molar-refractivity contribution in [1.29, 1.82) is 0 Å². The fraction of sp³-hybridized carbons (Fsp3) is 0.389. The van der Waals surface area contributed by atoms with E-state index in [1.807, 2.05) is 0 Å². The molecule has 2 rings (SSSR count). The van der Waals surface area contributed by atoms with Crippen molar-refractivity contribution in [2.45, 2.75) is 26.3 Å². The summed E-state index contributed by atoms with van der Waals surface area (Å²) >= 11 is 7.42. The van der Waals surface area contributed by atoms with Crippen LogP contribution in [0.2, 0.25) is 0 Å². The molecule has 1 aromatic heterocycles. The molecule has 0 saturated heterocycles. The second-order valence-electron chi connectivity index (χ2n) is 5.36. The molecule has 0 saturated carbocycles. The number of thiocarbonyl (C=S) groups is 1. The lowest BCUT2D eigenvalue weighted by Crippen LogP contribution is -2.38. The Morgan fingerprint density at radius 3 is 2.83 bits per heavy atom. The van der Waals surface area contributed by atoms with Gasteiger partial charge in [-0.1, -0.05) is 25.1 Å². The van der Waals surface area contributed by atoms with Crippen molar-refractivity contribution in [2.24, 2.45) is 0 Å². The van der Waals surface area contributed by atoms with E-state index in [0.29, 0.717) is 6.61 Å². The third-order valence-electron chi connectivity index (χ3n) is 3.81. The number of hydrogen-bond acceptors (Lipinski definition) is 3. The first kappa shape index (κ1) is 17.9. The molecule has 2 aromatic rings. The largest absolute Gasteiger partial charge is 0.383 e. The number of aryl methyl sites for hydroxylation is 1. The van der Waals surface area contributed by atoms with Gasteiger partial charge in [0.05, 0.1) is 12.6 Å². The predicted molar refractivity (Wildman–Crippen MR) is 103 cm³/mol. The molecule has 1 N–H and O–H groups in total. The SMILES string of the molecule is CCc1cccc(NC(=S)N(CCOC)C(C)c2cccs2)c1. The van der Waals surface area contributed by atoms with Crippen LogP contribution in [0, 0.1) is 0 Å². The number of thiophene rings is 1. The lowest BCUT2D eigenvalue weighted by molar-refractivity contribution is 0.166. The van der Waals surface area contributed by atoms with Crippen molar-refractivity contribution in [2.75, 3.05) is 25.6 Å². The number of nitrogens with one attached hydrogen (secondary N) is 1. The maximum atomic E-state index is 5.66. The van der Waals surface area contributed by atoms with E-state index in [9.17, 15) is 0 Å². The molecule has 0 aliphatic carbocycles. The molecule has 0 spiro atoms. The number of benzene rings is 1. The highest BCUT2D eigenvalue weighted by Gasteiger charge is 2.19. The zero-order valence-electron chi connectivity index (χ0n) is 13.9. The van der Waals surface area contributed by atoms with Crippen LogP contribution < -0.4 is 5.32 Å². The summed E-state index contributed by atoms with van der Waals surface area (Å²) in [6.45, 7) is 5.74. The molecule has 0 aliphatic rings. The van der Waals surface area contributed by atoms with Crippen molar-refractivity contribution in [3.8, 4) is 0 Å². The first-order valence-corrected chi connectivity index (χ1v) is 9.13. The Kier molecular flexibility index (Phi) is 7.02. The van der Waals surface area contributed by atoms with Crippen molar-refractivity contribution >= 4 is 34.4 Å². The van der Waals surface area contributed by atoms with Gasteiger partial charge in [-0.15, -0.1) is 11.3 Å². The van der Waals surface area contributed by atoms with Gasteiger partial charge < -0.3 is 15.0 Å². The zero-order chi connectivity index (χ0) is 16.7. The van der Waals surface area contributed by atoms with Gasteiger partial charge in [0.15, 0.2) is 5.11 Å². The van der Waals surface area contributed by atoms with Gasteiger partial charge in [0.25, 0.3) is 0 Å².